The molecule has 2 amide bonds. The fourth-order valence-electron chi connectivity index (χ4n) is 2.11. The number of nitrogens with two attached hydrogens (primary N) is 1. The summed E-state index contributed by atoms with van der Waals surface area (Å²) in [5.41, 5.74) is 6.24. The first-order chi connectivity index (χ1) is 9.56. The molecule has 20 heavy (non-hydrogen) atoms. The number of carbonyl (C=O) groups is 2. The van der Waals surface area contributed by atoms with Crippen molar-refractivity contribution in [2.45, 2.75) is 18.9 Å². The van der Waals surface area contributed by atoms with E-state index in [0.717, 1.165) is 5.56 Å². The van der Waals surface area contributed by atoms with Crippen LogP contribution in [0.5, 0.6) is 0 Å². The number of nitrogens with one attached hydrogen (secondary N) is 1. The monoisotopic (exact) mass is 296 g/mol. The van der Waals surface area contributed by atoms with Crippen molar-refractivity contribution >= 4 is 23.4 Å². The Bertz CT molecular complexity index is 484. The van der Waals surface area contributed by atoms with Crippen LogP contribution in [0.1, 0.15) is 12.0 Å². The van der Waals surface area contributed by atoms with Crippen LogP contribution in [0, 0.1) is 5.92 Å². The quantitative estimate of drug-likeness (QED) is 0.846. The zero-order chi connectivity index (χ0) is 14.5. The Labute approximate surface area is 122 Å². The van der Waals surface area contributed by atoms with E-state index >= 15 is 0 Å². The third kappa shape index (κ3) is 3.95. The lowest BCUT2D eigenvalue weighted by Crippen LogP contribution is -2.48. The minimum Gasteiger partial charge on any atom is -0.381 e. The normalized spacial score (nSPS) is 19.6. The molecule has 0 bridgehead atoms. The molecule has 3 N–H and O–H groups in total. The number of benzene rings is 1. The van der Waals surface area contributed by atoms with Gasteiger partial charge in [-0.05, 0) is 24.1 Å². The Balaban J connectivity index is 1.98. The fraction of sp³-hybridized carbons (Fsp3) is 0.429. The Hall–Kier alpha value is -1.59. The zero-order valence-electron chi connectivity index (χ0n) is 11.0. The molecule has 1 saturated heterocycles. The van der Waals surface area contributed by atoms with Crippen molar-refractivity contribution in [3.8, 4) is 0 Å². The van der Waals surface area contributed by atoms with Crippen LogP contribution in [-0.4, -0.2) is 31.1 Å². The first kappa shape index (κ1) is 14.8. The molecule has 6 heteroatoms. The lowest BCUT2D eigenvalue weighted by atomic mass is 10.0. The fourth-order valence-corrected chi connectivity index (χ4v) is 2.24. The van der Waals surface area contributed by atoms with E-state index in [1.807, 2.05) is 12.1 Å². The molecule has 2 atom stereocenters. The van der Waals surface area contributed by atoms with E-state index < -0.39 is 11.9 Å². The standard InChI is InChI=1S/C14H17ClN2O3/c15-11-3-1-9(2-4-11)7-12(13(16)18)17-14(19)10-5-6-20-8-10/h1-4,10,12H,5-8H2,(H2,16,18)(H,17,19)/t10-,12-/m1/s1. The van der Waals surface area contributed by atoms with Gasteiger partial charge in [-0.25, -0.2) is 0 Å². The van der Waals surface area contributed by atoms with Gasteiger partial charge in [-0.3, -0.25) is 9.59 Å². The molecular formula is C14H17ClN2O3. The average Bonchev–Trinajstić information content (AvgIpc) is 2.94. The van der Waals surface area contributed by atoms with Gasteiger partial charge in [0.05, 0.1) is 12.5 Å². The second kappa shape index (κ2) is 6.72. The number of rotatable bonds is 5. The summed E-state index contributed by atoms with van der Waals surface area (Å²) in [6, 6.07) is 6.37. The highest BCUT2D eigenvalue weighted by atomic mass is 35.5. The van der Waals surface area contributed by atoms with Gasteiger partial charge in [0.2, 0.25) is 11.8 Å². The number of hydrogen-bond donors (Lipinski definition) is 2. The van der Waals surface area contributed by atoms with Gasteiger partial charge in [0.15, 0.2) is 0 Å². The maximum Gasteiger partial charge on any atom is 0.240 e. The molecule has 1 heterocycles. The zero-order valence-corrected chi connectivity index (χ0v) is 11.7. The summed E-state index contributed by atoms with van der Waals surface area (Å²) < 4.78 is 5.16. The average molecular weight is 297 g/mol. The molecule has 0 aliphatic carbocycles. The molecule has 1 fully saturated rings. The Morgan fingerprint density at radius 3 is 2.65 bits per heavy atom. The van der Waals surface area contributed by atoms with Crippen molar-refractivity contribution in [3.63, 3.8) is 0 Å². The Kier molecular flexibility index (Phi) is 4.98. The van der Waals surface area contributed by atoms with Gasteiger partial charge < -0.3 is 15.8 Å². The molecule has 1 aliphatic rings. The predicted molar refractivity (Wildman–Crippen MR) is 75.2 cm³/mol. The van der Waals surface area contributed by atoms with E-state index in [1.165, 1.54) is 0 Å². The largest absolute Gasteiger partial charge is 0.381 e. The van der Waals surface area contributed by atoms with Crippen molar-refractivity contribution in [2.24, 2.45) is 11.7 Å². The highest BCUT2D eigenvalue weighted by Gasteiger charge is 2.27. The SMILES string of the molecule is NC(=O)[C@@H](Cc1ccc(Cl)cc1)NC(=O)[C@@H]1CCOC1. The van der Waals surface area contributed by atoms with Crippen LogP contribution in [0.3, 0.4) is 0 Å². The number of ether oxygens (including phenoxy) is 1. The molecular weight excluding hydrogens is 280 g/mol. The molecule has 0 unspecified atom stereocenters. The molecule has 1 aliphatic heterocycles. The summed E-state index contributed by atoms with van der Waals surface area (Å²) in [5.74, 6) is -0.922. The second-order valence-electron chi connectivity index (χ2n) is 4.85. The summed E-state index contributed by atoms with van der Waals surface area (Å²) in [5, 5.41) is 3.32. The summed E-state index contributed by atoms with van der Waals surface area (Å²) in [6.07, 6.45) is 1.03. The smallest absolute Gasteiger partial charge is 0.240 e. The topological polar surface area (TPSA) is 81.4 Å². The Morgan fingerprint density at radius 2 is 2.10 bits per heavy atom. The van der Waals surface area contributed by atoms with Crippen LogP contribution in [0.4, 0.5) is 0 Å². The van der Waals surface area contributed by atoms with Crippen LogP contribution in [0.2, 0.25) is 5.02 Å². The Morgan fingerprint density at radius 1 is 1.40 bits per heavy atom. The molecule has 0 saturated carbocycles. The number of hydrogen-bond acceptors (Lipinski definition) is 3. The van der Waals surface area contributed by atoms with Crippen molar-refractivity contribution in [1.82, 2.24) is 5.32 Å². The van der Waals surface area contributed by atoms with Gasteiger partial charge in [0.1, 0.15) is 6.04 Å². The van der Waals surface area contributed by atoms with Gasteiger partial charge >= 0.3 is 0 Å². The molecule has 0 spiro atoms. The maximum absolute atomic E-state index is 12.0. The number of amides is 2. The van der Waals surface area contributed by atoms with Crippen LogP contribution < -0.4 is 11.1 Å². The number of primary amides is 1. The van der Waals surface area contributed by atoms with E-state index in [4.69, 9.17) is 22.1 Å². The van der Waals surface area contributed by atoms with E-state index in [1.54, 1.807) is 12.1 Å². The number of carbonyl (C=O) groups excluding carboxylic acids is 2. The lowest BCUT2D eigenvalue weighted by Gasteiger charge is -2.17. The first-order valence-corrected chi connectivity index (χ1v) is 6.86. The first-order valence-electron chi connectivity index (χ1n) is 6.48. The van der Waals surface area contributed by atoms with E-state index in [2.05, 4.69) is 5.32 Å². The lowest BCUT2D eigenvalue weighted by molar-refractivity contribution is -0.129. The van der Waals surface area contributed by atoms with E-state index in [9.17, 15) is 9.59 Å². The molecule has 5 nitrogen and oxygen atoms in total. The summed E-state index contributed by atoms with van der Waals surface area (Å²) in [6.45, 7) is 0.981. The van der Waals surface area contributed by atoms with Gasteiger partial charge in [0, 0.05) is 18.1 Å². The van der Waals surface area contributed by atoms with Crippen molar-refractivity contribution < 1.29 is 14.3 Å². The molecule has 2 rings (SSSR count). The van der Waals surface area contributed by atoms with Gasteiger partial charge in [-0.2, -0.15) is 0 Å². The molecule has 0 aromatic heterocycles. The summed E-state index contributed by atoms with van der Waals surface area (Å²) in [4.78, 5) is 23.5. The van der Waals surface area contributed by atoms with E-state index in [-0.39, 0.29) is 11.8 Å². The molecule has 1 aromatic rings. The third-order valence-electron chi connectivity index (χ3n) is 3.31. The van der Waals surface area contributed by atoms with Gasteiger partial charge in [-0.1, -0.05) is 23.7 Å². The van der Waals surface area contributed by atoms with E-state index in [0.29, 0.717) is 31.1 Å². The third-order valence-corrected chi connectivity index (χ3v) is 3.57. The minimum absolute atomic E-state index is 0.180. The highest BCUT2D eigenvalue weighted by molar-refractivity contribution is 6.30. The van der Waals surface area contributed by atoms with Crippen molar-refractivity contribution in [3.05, 3.63) is 34.9 Å². The molecule has 1 aromatic carbocycles. The van der Waals surface area contributed by atoms with Crippen LogP contribution in [-0.2, 0) is 20.7 Å². The van der Waals surface area contributed by atoms with Gasteiger partial charge in [0.25, 0.3) is 0 Å². The second-order valence-corrected chi connectivity index (χ2v) is 5.29. The summed E-state index contributed by atoms with van der Waals surface area (Å²) in [7, 11) is 0. The molecule has 0 radical (unpaired) electrons. The molecule has 108 valence electrons. The predicted octanol–water partition coefficient (Wildman–Crippen LogP) is 0.889. The summed E-state index contributed by atoms with van der Waals surface area (Å²) >= 11 is 5.81. The van der Waals surface area contributed by atoms with Crippen LogP contribution >= 0.6 is 11.6 Å². The van der Waals surface area contributed by atoms with Crippen LogP contribution in [0.25, 0.3) is 0 Å². The van der Waals surface area contributed by atoms with Crippen molar-refractivity contribution in [1.29, 1.82) is 0 Å². The highest BCUT2D eigenvalue weighted by Crippen LogP contribution is 2.14. The van der Waals surface area contributed by atoms with Crippen molar-refractivity contribution in [2.75, 3.05) is 13.2 Å². The van der Waals surface area contributed by atoms with Crippen LogP contribution in [0.15, 0.2) is 24.3 Å². The number of halogens is 1. The van der Waals surface area contributed by atoms with Gasteiger partial charge in [-0.15, -0.1) is 0 Å². The maximum atomic E-state index is 12.0. The minimum atomic E-state index is -0.718.